The maximum Gasteiger partial charge on any atom is 0.293 e. The summed E-state index contributed by atoms with van der Waals surface area (Å²) in [5.41, 5.74) is 3.53. The first-order chi connectivity index (χ1) is 28.9. The Morgan fingerprint density at radius 3 is 2.13 bits per heavy atom. The van der Waals surface area contributed by atoms with E-state index in [2.05, 4.69) is 33.1 Å². The molecule has 0 unspecified atom stereocenters. The predicted molar refractivity (Wildman–Crippen MR) is 240 cm³/mol. The highest BCUT2D eigenvalue weighted by atomic mass is 32.2. The zero-order valence-electron chi connectivity index (χ0n) is 33.9. The molecule has 1 fully saturated rings. The van der Waals surface area contributed by atoms with Crippen molar-refractivity contribution in [3.05, 3.63) is 172 Å². The summed E-state index contributed by atoms with van der Waals surface area (Å²) in [6.07, 6.45) is 5.99. The summed E-state index contributed by atoms with van der Waals surface area (Å²) in [6, 6.07) is 39.6. The van der Waals surface area contributed by atoms with Crippen LogP contribution in [-0.4, -0.2) is 75.5 Å². The van der Waals surface area contributed by atoms with Crippen molar-refractivity contribution in [3.8, 4) is 0 Å². The molecule has 0 radical (unpaired) electrons. The highest BCUT2D eigenvalue weighted by Crippen LogP contribution is 2.31. The Bertz CT molecular complexity index is 2350. The van der Waals surface area contributed by atoms with E-state index in [1.165, 1.54) is 17.7 Å². The third kappa shape index (κ3) is 12.4. The summed E-state index contributed by atoms with van der Waals surface area (Å²) < 4.78 is 28.9. The number of piperidine rings is 1. The van der Waals surface area contributed by atoms with Crippen molar-refractivity contribution in [1.29, 1.82) is 0 Å². The van der Waals surface area contributed by atoms with Crippen molar-refractivity contribution >= 4 is 50.5 Å². The van der Waals surface area contributed by atoms with Gasteiger partial charge in [0, 0.05) is 52.7 Å². The molecular formula is C47H51N5O6S2. The average Bonchev–Trinajstić information content (AvgIpc) is 3.26. The van der Waals surface area contributed by atoms with Crippen molar-refractivity contribution in [2.75, 3.05) is 49.7 Å². The molecule has 1 aliphatic rings. The van der Waals surface area contributed by atoms with Crippen LogP contribution >= 0.6 is 11.8 Å². The number of thioether (sulfide) groups is 1. The van der Waals surface area contributed by atoms with Crippen LogP contribution in [0.2, 0.25) is 0 Å². The van der Waals surface area contributed by atoms with E-state index >= 15 is 0 Å². The molecule has 0 spiro atoms. The minimum Gasteiger partial charge on any atom is -0.376 e. The van der Waals surface area contributed by atoms with E-state index in [-0.39, 0.29) is 33.9 Å². The van der Waals surface area contributed by atoms with Gasteiger partial charge in [-0.05, 0) is 118 Å². The van der Waals surface area contributed by atoms with Crippen molar-refractivity contribution in [2.45, 2.75) is 47.9 Å². The third-order valence-electron chi connectivity index (χ3n) is 10.5. The van der Waals surface area contributed by atoms with Crippen molar-refractivity contribution in [1.82, 2.24) is 9.62 Å². The third-order valence-corrected chi connectivity index (χ3v) is 13.0. The second-order valence-corrected chi connectivity index (χ2v) is 17.9. The highest BCUT2D eigenvalue weighted by Gasteiger charge is 2.26. The number of nitrogens with one attached hydrogen (secondary N) is 2. The number of ketones is 1. The monoisotopic (exact) mass is 845 g/mol. The number of nitro benzene ring substituents is 1. The number of hydrogen-bond acceptors (Lipinski definition) is 10. The number of carbonyl (C=O) groups excluding carboxylic acids is 2. The number of sulfonamides is 1. The van der Waals surface area contributed by atoms with E-state index < -0.39 is 26.5 Å². The van der Waals surface area contributed by atoms with Crippen LogP contribution in [0.25, 0.3) is 0 Å². The molecule has 5 aromatic carbocycles. The lowest BCUT2D eigenvalue weighted by molar-refractivity contribution is -0.384. The highest BCUT2D eigenvalue weighted by molar-refractivity contribution is 7.99. The van der Waals surface area contributed by atoms with Gasteiger partial charge in [-0.25, -0.2) is 13.1 Å². The zero-order valence-corrected chi connectivity index (χ0v) is 35.5. The first-order valence-electron chi connectivity index (χ1n) is 20.1. The number of nitrogens with zero attached hydrogens (tertiary/aromatic N) is 3. The molecule has 60 heavy (non-hydrogen) atoms. The minimum absolute atomic E-state index is 0.0609. The predicted octanol–water partition coefficient (Wildman–Crippen LogP) is 8.90. The Balaban J connectivity index is 1.07. The van der Waals surface area contributed by atoms with Crippen LogP contribution in [0.15, 0.2) is 155 Å². The van der Waals surface area contributed by atoms with E-state index in [0.717, 1.165) is 61.1 Å². The number of Topliss-reactive ketones (excluding diaryl/α,β-unsaturated/α-hetero) is 1. The number of amides is 1. The summed E-state index contributed by atoms with van der Waals surface area (Å²) in [6.45, 7) is 2.24. The van der Waals surface area contributed by atoms with Crippen molar-refractivity contribution in [2.24, 2.45) is 5.92 Å². The molecular weight excluding hydrogens is 795 g/mol. The number of benzene rings is 5. The first-order valence-corrected chi connectivity index (χ1v) is 22.6. The normalized spacial score (nSPS) is 14.1. The Morgan fingerprint density at radius 1 is 0.867 bits per heavy atom. The van der Waals surface area contributed by atoms with Crippen LogP contribution in [0.4, 0.5) is 17.1 Å². The van der Waals surface area contributed by atoms with Crippen LogP contribution in [0, 0.1) is 16.0 Å². The summed E-state index contributed by atoms with van der Waals surface area (Å²) in [5, 5.41) is 15.5. The van der Waals surface area contributed by atoms with Gasteiger partial charge in [-0.2, -0.15) is 0 Å². The molecule has 1 amide bonds. The van der Waals surface area contributed by atoms with E-state index in [0.29, 0.717) is 24.2 Å². The van der Waals surface area contributed by atoms with Crippen LogP contribution in [0.3, 0.4) is 0 Å². The van der Waals surface area contributed by atoms with E-state index in [1.807, 2.05) is 97.9 Å². The van der Waals surface area contributed by atoms with E-state index in [1.54, 1.807) is 36.0 Å². The van der Waals surface area contributed by atoms with Gasteiger partial charge in [0.15, 0.2) is 5.78 Å². The molecule has 1 heterocycles. The van der Waals surface area contributed by atoms with Crippen LogP contribution in [-0.2, 0) is 16.4 Å². The quantitative estimate of drug-likeness (QED) is 0.0272. The maximum atomic E-state index is 13.6. The fourth-order valence-electron chi connectivity index (χ4n) is 7.14. The van der Waals surface area contributed by atoms with Gasteiger partial charge in [0.05, 0.1) is 9.82 Å². The lowest BCUT2D eigenvalue weighted by Crippen LogP contribution is -2.33. The Labute approximate surface area is 357 Å². The second kappa shape index (κ2) is 21.0. The summed E-state index contributed by atoms with van der Waals surface area (Å²) in [7, 11) is -0.539. The molecule has 0 aromatic heterocycles. The molecule has 1 saturated heterocycles. The van der Waals surface area contributed by atoms with E-state index in [9.17, 15) is 28.1 Å². The molecule has 312 valence electrons. The second-order valence-electron chi connectivity index (χ2n) is 15.2. The fraction of sp³-hybridized carbons (Fsp3) is 0.277. The molecule has 0 aliphatic carbocycles. The van der Waals surface area contributed by atoms with Gasteiger partial charge in [0.2, 0.25) is 0 Å². The Kier molecular flexibility index (Phi) is 15.3. The van der Waals surface area contributed by atoms with Crippen LogP contribution in [0.5, 0.6) is 0 Å². The standard InChI is InChI=1S/C47H51N5O6S2/c1-50(2)29-28-40(34-59-42-16-10-5-11-17-42)48-44-25-24-43(33-45(44)52(55)56)60(57,58)49-47(54)38-20-22-41(23-21-38)51-30-26-36(27-31-51)32-39(19-18-35-12-6-3-7-13-35)46(53)37-14-8-4-9-15-37/h3-17,20-25,32-33,36,40,48H,18-19,26-31,34H2,1-2H3,(H,49,54)/b39-32-/t40-/m1/s1. The van der Waals surface area contributed by atoms with Gasteiger partial charge in [0.1, 0.15) is 5.69 Å². The van der Waals surface area contributed by atoms with Gasteiger partial charge in [-0.3, -0.25) is 19.7 Å². The molecule has 1 atom stereocenters. The number of nitro groups is 1. The van der Waals surface area contributed by atoms with Gasteiger partial charge < -0.3 is 15.1 Å². The smallest absolute Gasteiger partial charge is 0.293 e. The number of aryl methyl sites for hydroxylation is 1. The van der Waals surface area contributed by atoms with Crippen LogP contribution < -0.4 is 14.9 Å². The lowest BCUT2D eigenvalue weighted by atomic mass is 9.89. The molecule has 6 rings (SSSR count). The molecule has 13 heteroatoms. The molecule has 2 N–H and O–H groups in total. The molecule has 5 aromatic rings. The number of anilines is 2. The topological polar surface area (TPSA) is 142 Å². The molecule has 1 aliphatic heterocycles. The summed E-state index contributed by atoms with van der Waals surface area (Å²) in [4.78, 5) is 43.3. The summed E-state index contributed by atoms with van der Waals surface area (Å²) >= 11 is 1.63. The minimum atomic E-state index is -4.45. The molecule has 11 nitrogen and oxygen atoms in total. The van der Waals surface area contributed by atoms with E-state index in [4.69, 9.17) is 0 Å². The van der Waals surface area contributed by atoms with Gasteiger partial charge in [-0.1, -0.05) is 84.9 Å². The zero-order chi connectivity index (χ0) is 42.5. The lowest BCUT2D eigenvalue weighted by Gasteiger charge is -2.33. The van der Waals surface area contributed by atoms with Crippen molar-refractivity contribution in [3.63, 3.8) is 0 Å². The summed E-state index contributed by atoms with van der Waals surface area (Å²) in [5.74, 6) is 0.0837. The number of carbonyl (C=O) groups is 2. The van der Waals surface area contributed by atoms with Crippen LogP contribution in [0.1, 0.15) is 52.0 Å². The Morgan fingerprint density at radius 2 is 1.50 bits per heavy atom. The number of hydrogen-bond donors (Lipinski definition) is 2. The van der Waals surface area contributed by atoms with Gasteiger partial charge in [0.25, 0.3) is 21.6 Å². The maximum absolute atomic E-state index is 13.6. The SMILES string of the molecule is CN(C)CC[C@H](CSc1ccccc1)Nc1ccc(S(=O)(=O)NC(=O)c2ccc(N3CCC(/C=C(/CCc4ccccc4)C(=O)c4ccccc4)CC3)cc2)cc1[N+](=O)[O-]. The Hall–Kier alpha value is -5.76. The fourth-order valence-corrected chi connectivity index (χ4v) is 9.13. The largest absolute Gasteiger partial charge is 0.376 e. The van der Waals surface area contributed by atoms with Gasteiger partial charge in [-0.15, -0.1) is 11.8 Å². The number of allylic oxidation sites excluding steroid dienone is 2. The molecule has 0 bridgehead atoms. The van der Waals surface area contributed by atoms with Gasteiger partial charge >= 0.3 is 0 Å². The average molecular weight is 846 g/mol. The van der Waals surface area contributed by atoms with Crippen molar-refractivity contribution < 1.29 is 22.9 Å². The first kappa shape index (κ1) is 43.8. The molecule has 0 saturated carbocycles. The number of rotatable bonds is 19.